The molecule has 258 valence electrons. The molecule has 7 aliphatic rings. The number of likely N-dealkylation sites (tertiary alicyclic amines) is 1. The predicted molar refractivity (Wildman–Crippen MR) is 179 cm³/mol. The summed E-state index contributed by atoms with van der Waals surface area (Å²) in [5.41, 5.74) is -0.309. The van der Waals surface area contributed by atoms with Crippen molar-refractivity contribution in [3.8, 4) is 0 Å². The summed E-state index contributed by atoms with van der Waals surface area (Å²) < 4.78 is 0. The lowest BCUT2D eigenvalue weighted by molar-refractivity contribution is -0.144. The van der Waals surface area contributed by atoms with Crippen LogP contribution in [0, 0.1) is 40.9 Å². The van der Waals surface area contributed by atoms with Crippen molar-refractivity contribution in [1.29, 1.82) is 0 Å². The summed E-state index contributed by atoms with van der Waals surface area (Å²) in [6, 6.07) is -2.80. The largest absolute Gasteiger partial charge is 0.346 e. The summed E-state index contributed by atoms with van der Waals surface area (Å²) >= 11 is 0. The fraction of sp³-hybridized carbons (Fsp3) is 0.757. The molecule has 2 unspecified atom stereocenters. The van der Waals surface area contributed by atoms with Crippen LogP contribution in [0.3, 0.4) is 0 Å². The van der Waals surface area contributed by atoms with Crippen LogP contribution < -0.4 is 21.3 Å². The van der Waals surface area contributed by atoms with Gasteiger partial charge in [0.25, 0.3) is 5.91 Å². The molecule has 6 saturated carbocycles. The second-order valence-electron chi connectivity index (χ2n) is 16.4. The summed E-state index contributed by atoms with van der Waals surface area (Å²) in [7, 11) is 0. The van der Waals surface area contributed by atoms with Gasteiger partial charge in [0.15, 0.2) is 0 Å². The fourth-order valence-electron chi connectivity index (χ4n) is 10.7. The van der Waals surface area contributed by atoms with Crippen LogP contribution in [0.1, 0.15) is 97.3 Å². The van der Waals surface area contributed by atoms with Crippen molar-refractivity contribution < 1.29 is 24.0 Å². The molecule has 1 saturated heterocycles. The van der Waals surface area contributed by atoms with Crippen molar-refractivity contribution in [3.05, 3.63) is 25.3 Å². The third-order valence-electron chi connectivity index (χ3n) is 12.8. The third-order valence-corrected chi connectivity index (χ3v) is 12.8. The number of allylic oxidation sites excluding steroid dienone is 1. The van der Waals surface area contributed by atoms with Gasteiger partial charge in [-0.25, -0.2) is 4.79 Å². The quantitative estimate of drug-likeness (QED) is 0.177. The molecular weight excluding hydrogens is 594 g/mol. The minimum atomic E-state index is -1.04. The van der Waals surface area contributed by atoms with E-state index >= 15 is 0 Å². The highest BCUT2D eigenvalue weighted by atomic mass is 16.2. The number of piperidine rings is 1. The number of rotatable bonds is 13. The molecule has 6 aliphatic carbocycles. The number of fused-ring (bicyclic) bond motifs is 1. The molecule has 10 nitrogen and oxygen atoms in total. The van der Waals surface area contributed by atoms with E-state index in [1.807, 2.05) is 0 Å². The average Bonchev–Trinajstić information content (AvgIpc) is 3.34. The Labute approximate surface area is 279 Å². The van der Waals surface area contributed by atoms with Crippen LogP contribution in [0.4, 0.5) is 4.79 Å². The van der Waals surface area contributed by atoms with Crippen molar-refractivity contribution in [2.24, 2.45) is 40.9 Å². The number of hydrogen-bond acceptors (Lipinski definition) is 5. The van der Waals surface area contributed by atoms with E-state index in [0.29, 0.717) is 30.7 Å². The first-order valence-electron chi connectivity index (χ1n) is 18.2. The van der Waals surface area contributed by atoms with Crippen LogP contribution in [0.15, 0.2) is 25.3 Å². The Morgan fingerprint density at radius 3 is 2.13 bits per heavy atom. The number of nitrogens with one attached hydrogen (secondary N) is 4. The molecule has 47 heavy (non-hydrogen) atoms. The fourth-order valence-corrected chi connectivity index (χ4v) is 10.7. The zero-order valence-corrected chi connectivity index (χ0v) is 28.4. The van der Waals surface area contributed by atoms with Gasteiger partial charge in [-0.2, -0.15) is 0 Å². The van der Waals surface area contributed by atoms with Gasteiger partial charge in [-0.3, -0.25) is 19.2 Å². The summed E-state index contributed by atoms with van der Waals surface area (Å²) in [4.78, 5) is 69.8. The second kappa shape index (κ2) is 13.4. The molecule has 4 bridgehead atoms. The minimum absolute atomic E-state index is 0.00230. The van der Waals surface area contributed by atoms with Crippen LogP contribution in [0.5, 0.6) is 0 Å². The van der Waals surface area contributed by atoms with Gasteiger partial charge < -0.3 is 26.2 Å². The Balaban J connectivity index is 1.19. The Kier molecular flexibility index (Phi) is 9.60. The summed E-state index contributed by atoms with van der Waals surface area (Å²) in [5.74, 6) is 0.000952. The molecule has 0 aromatic carbocycles. The zero-order chi connectivity index (χ0) is 33.5. The van der Waals surface area contributed by atoms with Gasteiger partial charge in [0.1, 0.15) is 12.1 Å². The molecule has 7 fully saturated rings. The second-order valence-corrected chi connectivity index (χ2v) is 16.4. The standard InChI is InChI=1S/C37H55N5O5/c1-5-7-13-27(31(43)33(45)38-14-6-2)39-32(44)30-28-26(36(28,3)4)21-42(30)34(46)29(25-11-9-8-10-12-25)40-35(47)41-37-18-22-15-23(19-37)17-24(16-22)20-37/h5-6,22-30H,1-2,7-21H2,3-4H3,(H,38,45)(H,39,44)(H2,40,41,47)/t22?,23?,24?,26-,27?,28-,29?,30-,37?/m0/s1. The van der Waals surface area contributed by atoms with Gasteiger partial charge in [-0.1, -0.05) is 45.3 Å². The van der Waals surface area contributed by atoms with Crippen LogP contribution in [-0.4, -0.2) is 71.2 Å². The molecule has 4 N–H and O–H groups in total. The van der Waals surface area contributed by atoms with Gasteiger partial charge in [0, 0.05) is 18.6 Å². The Morgan fingerprint density at radius 2 is 1.53 bits per heavy atom. The predicted octanol–water partition coefficient (Wildman–Crippen LogP) is 4.01. The number of urea groups is 1. The molecule has 1 aliphatic heterocycles. The molecule has 0 spiro atoms. The van der Waals surface area contributed by atoms with Gasteiger partial charge >= 0.3 is 6.03 Å². The Bertz CT molecular complexity index is 1250. The number of nitrogens with zero attached hydrogens (tertiary/aromatic N) is 1. The first-order valence-corrected chi connectivity index (χ1v) is 18.2. The van der Waals surface area contributed by atoms with E-state index in [9.17, 15) is 24.0 Å². The molecule has 5 atom stereocenters. The summed E-state index contributed by atoms with van der Waals surface area (Å²) in [6.07, 6.45) is 15.6. The molecule has 10 heteroatoms. The van der Waals surface area contributed by atoms with E-state index in [1.165, 1.54) is 25.3 Å². The van der Waals surface area contributed by atoms with Gasteiger partial charge in [-0.05, 0) is 105 Å². The van der Waals surface area contributed by atoms with Crippen LogP contribution in [-0.2, 0) is 19.2 Å². The molecule has 0 radical (unpaired) electrons. The van der Waals surface area contributed by atoms with Crippen molar-refractivity contribution in [2.45, 2.75) is 121 Å². The lowest BCUT2D eigenvalue weighted by Gasteiger charge is -2.56. The maximum absolute atomic E-state index is 14.6. The molecule has 1 heterocycles. The lowest BCUT2D eigenvalue weighted by atomic mass is 9.53. The smallest absolute Gasteiger partial charge is 0.315 e. The number of carbonyl (C=O) groups excluding carboxylic acids is 5. The van der Waals surface area contributed by atoms with Gasteiger partial charge in [-0.15, -0.1) is 13.2 Å². The first-order chi connectivity index (χ1) is 22.5. The van der Waals surface area contributed by atoms with Crippen molar-refractivity contribution in [3.63, 3.8) is 0 Å². The van der Waals surface area contributed by atoms with E-state index < -0.39 is 35.7 Å². The Hall–Kier alpha value is -3.17. The van der Waals surface area contributed by atoms with E-state index in [4.69, 9.17) is 0 Å². The number of carbonyl (C=O) groups is 5. The monoisotopic (exact) mass is 649 g/mol. The van der Waals surface area contributed by atoms with Crippen LogP contribution in [0.2, 0.25) is 0 Å². The molecular formula is C37H55N5O5. The molecule has 7 rings (SSSR count). The normalized spacial score (nSPS) is 34.4. The minimum Gasteiger partial charge on any atom is -0.346 e. The SMILES string of the molecule is C=CCCC(NC(=O)[C@@H]1[C@@H]2[C@H](CN1C(=O)C(NC(=O)NC13CC4CC(CC(C4)C1)C3)C1CCCCC1)C2(C)C)C(=O)C(=O)NCC=C. The zero-order valence-electron chi connectivity index (χ0n) is 28.4. The lowest BCUT2D eigenvalue weighted by Crippen LogP contribution is -2.64. The number of amides is 5. The van der Waals surface area contributed by atoms with Crippen LogP contribution >= 0.6 is 0 Å². The van der Waals surface area contributed by atoms with Crippen molar-refractivity contribution >= 4 is 29.5 Å². The first kappa shape index (κ1) is 33.7. The maximum atomic E-state index is 14.6. The van der Waals surface area contributed by atoms with Gasteiger partial charge in [0.05, 0.1) is 6.04 Å². The molecule has 0 aromatic heterocycles. The van der Waals surface area contributed by atoms with Crippen LogP contribution in [0.25, 0.3) is 0 Å². The number of ketones is 1. The average molecular weight is 650 g/mol. The number of hydrogen-bond donors (Lipinski definition) is 4. The van der Waals surface area contributed by atoms with Gasteiger partial charge in [0.2, 0.25) is 17.6 Å². The van der Waals surface area contributed by atoms with E-state index in [1.54, 1.807) is 11.0 Å². The van der Waals surface area contributed by atoms with Crippen molar-refractivity contribution in [1.82, 2.24) is 26.2 Å². The van der Waals surface area contributed by atoms with E-state index in [-0.39, 0.29) is 53.6 Å². The summed E-state index contributed by atoms with van der Waals surface area (Å²) in [6.45, 7) is 12.1. The summed E-state index contributed by atoms with van der Waals surface area (Å²) in [5, 5.41) is 11.9. The molecule has 5 amide bonds. The van der Waals surface area contributed by atoms with E-state index in [2.05, 4.69) is 48.3 Å². The third kappa shape index (κ3) is 6.75. The highest BCUT2D eigenvalue weighted by Gasteiger charge is 2.70. The maximum Gasteiger partial charge on any atom is 0.315 e. The topological polar surface area (TPSA) is 137 Å². The number of Topliss-reactive ketones (excluding diaryl/α,β-unsaturated/α-hetero) is 1. The molecule has 0 aromatic rings. The highest BCUT2D eigenvalue weighted by molar-refractivity contribution is 6.38. The van der Waals surface area contributed by atoms with E-state index in [0.717, 1.165) is 51.4 Å². The Morgan fingerprint density at radius 1 is 0.894 bits per heavy atom. The van der Waals surface area contributed by atoms with Crippen molar-refractivity contribution in [2.75, 3.05) is 13.1 Å². The highest BCUT2D eigenvalue weighted by Crippen LogP contribution is 2.65.